The minimum Gasteiger partial charge on any atom is -0.334 e. The molecular formula is C26H26N6O2. The number of para-hydroxylation sites is 2. The lowest BCUT2D eigenvalue weighted by Crippen LogP contribution is -2.31. The fourth-order valence-electron chi connectivity index (χ4n) is 4.41. The molecule has 3 aromatic heterocycles. The Balaban J connectivity index is 1.27. The zero-order valence-corrected chi connectivity index (χ0v) is 19.0. The van der Waals surface area contributed by atoms with Gasteiger partial charge in [0.05, 0.1) is 29.1 Å². The molecule has 1 aliphatic heterocycles. The Morgan fingerprint density at radius 1 is 1.06 bits per heavy atom. The number of benzene rings is 1. The van der Waals surface area contributed by atoms with Crippen LogP contribution in [0.1, 0.15) is 47.1 Å². The Labute approximate surface area is 197 Å². The van der Waals surface area contributed by atoms with E-state index in [1.807, 2.05) is 58.9 Å². The first-order valence-corrected chi connectivity index (χ1v) is 11.5. The number of carbonyl (C=O) groups excluding carboxylic acids is 2. The normalized spacial score (nSPS) is 15.6. The third-order valence-electron chi connectivity index (χ3n) is 6.16. The lowest BCUT2D eigenvalue weighted by atomic mass is 10.1. The van der Waals surface area contributed by atoms with Crippen LogP contribution in [0.4, 0.5) is 5.82 Å². The van der Waals surface area contributed by atoms with Gasteiger partial charge in [-0.1, -0.05) is 24.3 Å². The smallest absolute Gasteiger partial charge is 0.275 e. The molecule has 0 bridgehead atoms. The summed E-state index contributed by atoms with van der Waals surface area (Å²) in [6, 6.07) is 16.8. The number of aromatic nitrogens is 4. The Morgan fingerprint density at radius 3 is 2.79 bits per heavy atom. The van der Waals surface area contributed by atoms with Gasteiger partial charge < -0.3 is 14.8 Å². The molecular weight excluding hydrogens is 428 g/mol. The van der Waals surface area contributed by atoms with Gasteiger partial charge in [-0.2, -0.15) is 0 Å². The molecule has 34 heavy (non-hydrogen) atoms. The third-order valence-corrected chi connectivity index (χ3v) is 6.16. The van der Waals surface area contributed by atoms with Crippen LogP contribution in [0, 0.1) is 6.92 Å². The van der Waals surface area contributed by atoms with Crippen molar-refractivity contribution >= 4 is 28.7 Å². The minimum atomic E-state index is -0.318. The molecule has 1 fully saturated rings. The Morgan fingerprint density at radius 2 is 1.94 bits per heavy atom. The number of nitrogens with zero attached hydrogens (tertiary/aromatic N) is 5. The highest BCUT2D eigenvalue weighted by molar-refractivity contribution is 6.02. The van der Waals surface area contributed by atoms with Crippen LogP contribution < -0.4 is 5.32 Å². The highest BCUT2D eigenvalue weighted by Crippen LogP contribution is 2.31. The van der Waals surface area contributed by atoms with Crippen LogP contribution in [-0.4, -0.2) is 42.8 Å². The molecule has 1 atom stereocenters. The van der Waals surface area contributed by atoms with Gasteiger partial charge in [0.1, 0.15) is 11.5 Å². The molecule has 4 heterocycles. The van der Waals surface area contributed by atoms with Gasteiger partial charge in [0.25, 0.3) is 5.91 Å². The second-order valence-corrected chi connectivity index (χ2v) is 8.54. The van der Waals surface area contributed by atoms with E-state index < -0.39 is 0 Å². The summed E-state index contributed by atoms with van der Waals surface area (Å²) in [6.07, 6.45) is 5.61. The predicted molar refractivity (Wildman–Crippen MR) is 129 cm³/mol. The van der Waals surface area contributed by atoms with Crippen LogP contribution in [0.3, 0.4) is 0 Å². The van der Waals surface area contributed by atoms with Gasteiger partial charge in [0.15, 0.2) is 0 Å². The number of likely N-dealkylation sites (tertiary alicyclic amines) is 1. The first-order chi connectivity index (χ1) is 16.6. The summed E-state index contributed by atoms with van der Waals surface area (Å²) in [5, 5.41) is 2.79. The van der Waals surface area contributed by atoms with E-state index in [-0.39, 0.29) is 17.9 Å². The van der Waals surface area contributed by atoms with Gasteiger partial charge in [-0.3, -0.25) is 9.59 Å². The van der Waals surface area contributed by atoms with Gasteiger partial charge in [-0.15, -0.1) is 0 Å². The molecule has 0 aliphatic carbocycles. The summed E-state index contributed by atoms with van der Waals surface area (Å²) in [7, 11) is 0. The number of imidazole rings is 1. The summed E-state index contributed by atoms with van der Waals surface area (Å²) >= 11 is 0. The highest BCUT2D eigenvalue weighted by Gasteiger charge is 2.31. The number of aryl methyl sites for hydroxylation is 2. The lowest BCUT2D eigenvalue weighted by molar-refractivity contribution is -0.132. The van der Waals surface area contributed by atoms with E-state index >= 15 is 0 Å². The number of nitrogens with one attached hydrogen (secondary N) is 1. The molecule has 2 amide bonds. The SMILES string of the molecule is Cc1ccc(NC(=O)c2cccc([C@H]3CCCN3C(=O)CCn3cnc4ccccc43)n2)nc1. The van der Waals surface area contributed by atoms with Crippen molar-refractivity contribution < 1.29 is 9.59 Å². The van der Waals surface area contributed by atoms with Crippen molar-refractivity contribution in [3.63, 3.8) is 0 Å². The summed E-state index contributed by atoms with van der Waals surface area (Å²) in [6.45, 7) is 3.21. The van der Waals surface area contributed by atoms with E-state index in [1.54, 1.807) is 24.7 Å². The molecule has 0 unspecified atom stereocenters. The van der Waals surface area contributed by atoms with Gasteiger partial charge in [0, 0.05) is 25.7 Å². The molecule has 0 spiro atoms. The topological polar surface area (TPSA) is 93.0 Å². The molecule has 1 aromatic carbocycles. The van der Waals surface area contributed by atoms with E-state index in [1.165, 1.54) is 0 Å². The quantitative estimate of drug-likeness (QED) is 0.473. The Bertz CT molecular complexity index is 1330. The molecule has 8 nitrogen and oxygen atoms in total. The fraction of sp³-hybridized carbons (Fsp3) is 0.269. The third kappa shape index (κ3) is 4.52. The van der Waals surface area contributed by atoms with Gasteiger partial charge in [-0.05, 0) is 55.7 Å². The summed E-state index contributed by atoms with van der Waals surface area (Å²) in [4.78, 5) is 41.0. The summed E-state index contributed by atoms with van der Waals surface area (Å²) in [5.41, 5.74) is 4.02. The maximum absolute atomic E-state index is 13.1. The van der Waals surface area contributed by atoms with Crippen LogP contribution in [0.5, 0.6) is 0 Å². The number of anilines is 1. The molecule has 1 saturated heterocycles. The number of amides is 2. The number of fused-ring (bicyclic) bond motifs is 1. The number of hydrogen-bond acceptors (Lipinski definition) is 5. The fourth-order valence-corrected chi connectivity index (χ4v) is 4.41. The zero-order valence-electron chi connectivity index (χ0n) is 19.0. The van der Waals surface area contributed by atoms with Crippen LogP contribution >= 0.6 is 0 Å². The van der Waals surface area contributed by atoms with Crippen LogP contribution in [0.15, 0.2) is 67.1 Å². The molecule has 8 heteroatoms. The molecule has 4 aromatic rings. The average molecular weight is 455 g/mol. The first-order valence-electron chi connectivity index (χ1n) is 11.5. The number of pyridine rings is 2. The van der Waals surface area contributed by atoms with Crippen molar-refractivity contribution in [1.29, 1.82) is 0 Å². The Kier molecular flexibility index (Phi) is 6.03. The maximum atomic E-state index is 13.1. The Hall–Kier alpha value is -4.07. The average Bonchev–Trinajstić information content (AvgIpc) is 3.52. The standard InChI is InChI=1S/C26H26N6O2/c1-18-11-12-24(27-16-18)30-26(34)21-8-4-7-20(29-21)23-10-5-14-32(23)25(33)13-15-31-17-28-19-6-2-3-9-22(19)31/h2-4,6-9,11-12,16-17,23H,5,10,13-15H2,1H3,(H,27,30,34)/t23-/m1/s1. The van der Waals surface area contributed by atoms with E-state index in [4.69, 9.17) is 0 Å². The second kappa shape index (κ2) is 9.43. The molecule has 1 aliphatic rings. The van der Waals surface area contributed by atoms with Crippen molar-refractivity contribution in [2.45, 2.75) is 38.8 Å². The number of hydrogen-bond donors (Lipinski definition) is 1. The maximum Gasteiger partial charge on any atom is 0.275 e. The number of rotatable bonds is 6. The van der Waals surface area contributed by atoms with Crippen molar-refractivity contribution in [2.24, 2.45) is 0 Å². The van der Waals surface area contributed by atoms with Crippen molar-refractivity contribution in [1.82, 2.24) is 24.4 Å². The van der Waals surface area contributed by atoms with E-state index in [0.29, 0.717) is 31.0 Å². The molecule has 172 valence electrons. The highest BCUT2D eigenvalue weighted by atomic mass is 16.2. The second-order valence-electron chi connectivity index (χ2n) is 8.54. The monoisotopic (exact) mass is 454 g/mol. The molecule has 0 saturated carbocycles. The van der Waals surface area contributed by atoms with Gasteiger partial charge >= 0.3 is 0 Å². The lowest BCUT2D eigenvalue weighted by Gasteiger charge is -2.25. The van der Waals surface area contributed by atoms with Crippen LogP contribution in [-0.2, 0) is 11.3 Å². The van der Waals surface area contributed by atoms with E-state index in [9.17, 15) is 9.59 Å². The molecule has 1 N–H and O–H groups in total. The van der Waals surface area contributed by atoms with Gasteiger partial charge in [-0.25, -0.2) is 15.0 Å². The first kappa shape index (κ1) is 21.8. The predicted octanol–water partition coefficient (Wildman–Crippen LogP) is 4.14. The van der Waals surface area contributed by atoms with Gasteiger partial charge in [0.2, 0.25) is 5.91 Å². The molecule has 0 radical (unpaired) electrons. The van der Waals surface area contributed by atoms with Crippen molar-refractivity contribution in [3.8, 4) is 0 Å². The van der Waals surface area contributed by atoms with E-state index in [0.717, 1.165) is 35.1 Å². The van der Waals surface area contributed by atoms with E-state index in [2.05, 4.69) is 20.3 Å². The zero-order chi connectivity index (χ0) is 23.5. The summed E-state index contributed by atoms with van der Waals surface area (Å²) in [5.74, 6) is 0.245. The summed E-state index contributed by atoms with van der Waals surface area (Å²) < 4.78 is 2.01. The van der Waals surface area contributed by atoms with Crippen LogP contribution in [0.25, 0.3) is 11.0 Å². The largest absolute Gasteiger partial charge is 0.334 e. The van der Waals surface area contributed by atoms with Crippen LogP contribution in [0.2, 0.25) is 0 Å². The van der Waals surface area contributed by atoms with Crippen molar-refractivity contribution in [2.75, 3.05) is 11.9 Å². The number of carbonyl (C=O) groups is 2. The minimum absolute atomic E-state index is 0.0841. The van der Waals surface area contributed by atoms with Crippen molar-refractivity contribution in [3.05, 3.63) is 84.1 Å². The molecule has 5 rings (SSSR count).